The van der Waals surface area contributed by atoms with E-state index in [-0.39, 0.29) is 17.2 Å². The molecule has 0 N–H and O–H groups in total. The highest BCUT2D eigenvalue weighted by molar-refractivity contribution is 5.43. The third-order valence-corrected chi connectivity index (χ3v) is 3.50. The summed E-state index contributed by atoms with van der Waals surface area (Å²) in [6.07, 6.45) is 0. The number of nitrogens with zero attached hydrogens (tertiary/aromatic N) is 1. The number of methoxy groups -OCH3 is 1. The van der Waals surface area contributed by atoms with Crippen LogP contribution in [0, 0.1) is 0 Å². The Labute approximate surface area is 148 Å². The predicted octanol–water partition coefficient (Wildman–Crippen LogP) is 4.53. The fraction of sp³-hybridized carbons (Fsp3) is 0.333. The van der Waals surface area contributed by atoms with Crippen LogP contribution in [-0.4, -0.2) is 32.3 Å². The van der Waals surface area contributed by atoms with Gasteiger partial charge in [0.1, 0.15) is 5.75 Å². The number of hydrogen-bond acceptors (Lipinski definition) is 4. The van der Waals surface area contributed by atoms with Crippen LogP contribution in [0.3, 0.4) is 0 Å². The molecule has 0 heterocycles. The quantitative estimate of drug-likeness (QED) is 0.605. The van der Waals surface area contributed by atoms with Crippen LogP contribution in [0.15, 0.2) is 42.5 Å². The molecule has 2 rings (SSSR count). The zero-order valence-electron chi connectivity index (χ0n) is 14.3. The number of alkyl halides is 4. The van der Waals surface area contributed by atoms with Crippen LogP contribution in [0.4, 0.5) is 17.6 Å². The average molecular weight is 373 g/mol. The Morgan fingerprint density at radius 2 is 1.38 bits per heavy atom. The normalized spacial score (nSPS) is 11.3. The van der Waals surface area contributed by atoms with Crippen molar-refractivity contribution in [2.75, 3.05) is 14.2 Å². The summed E-state index contributed by atoms with van der Waals surface area (Å²) in [4.78, 5) is 1.98. The van der Waals surface area contributed by atoms with Crippen molar-refractivity contribution in [1.29, 1.82) is 0 Å². The van der Waals surface area contributed by atoms with Crippen molar-refractivity contribution in [3.63, 3.8) is 0 Å². The smallest absolute Gasteiger partial charge is 0.387 e. The van der Waals surface area contributed by atoms with Gasteiger partial charge in [0.15, 0.2) is 11.5 Å². The van der Waals surface area contributed by atoms with E-state index in [1.165, 1.54) is 25.3 Å². The first kappa shape index (κ1) is 19.8. The van der Waals surface area contributed by atoms with Crippen LogP contribution in [0.1, 0.15) is 11.1 Å². The molecule has 0 aromatic heterocycles. The molecular formula is C18H19F4NO3. The first-order chi connectivity index (χ1) is 12.4. The molecule has 0 radical (unpaired) electrons. The fourth-order valence-electron chi connectivity index (χ4n) is 2.46. The van der Waals surface area contributed by atoms with E-state index in [2.05, 4.69) is 9.47 Å². The maximum Gasteiger partial charge on any atom is 0.387 e. The Bertz CT molecular complexity index is 695. The van der Waals surface area contributed by atoms with Crippen LogP contribution >= 0.6 is 0 Å². The Balaban J connectivity index is 1.97. The van der Waals surface area contributed by atoms with Crippen LogP contribution in [0.2, 0.25) is 0 Å². The van der Waals surface area contributed by atoms with Gasteiger partial charge in [0.2, 0.25) is 0 Å². The van der Waals surface area contributed by atoms with Crippen molar-refractivity contribution < 1.29 is 31.8 Å². The lowest BCUT2D eigenvalue weighted by atomic mass is 10.1. The van der Waals surface area contributed by atoms with Gasteiger partial charge in [-0.2, -0.15) is 17.6 Å². The summed E-state index contributed by atoms with van der Waals surface area (Å²) >= 11 is 0. The molecule has 0 aliphatic heterocycles. The first-order valence-corrected chi connectivity index (χ1v) is 7.71. The van der Waals surface area contributed by atoms with Crippen molar-refractivity contribution in [2.45, 2.75) is 26.3 Å². The highest BCUT2D eigenvalue weighted by atomic mass is 19.3. The van der Waals surface area contributed by atoms with Gasteiger partial charge >= 0.3 is 13.2 Å². The van der Waals surface area contributed by atoms with Crippen molar-refractivity contribution >= 4 is 0 Å². The minimum absolute atomic E-state index is 0.0245. The van der Waals surface area contributed by atoms with Crippen LogP contribution in [0.5, 0.6) is 17.2 Å². The molecule has 2 aromatic rings. The topological polar surface area (TPSA) is 30.9 Å². The minimum atomic E-state index is -2.92. The lowest BCUT2D eigenvalue weighted by Gasteiger charge is -2.18. The van der Waals surface area contributed by atoms with Gasteiger partial charge < -0.3 is 14.2 Å². The van der Waals surface area contributed by atoms with E-state index in [1.807, 2.05) is 11.9 Å². The third-order valence-electron chi connectivity index (χ3n) is 3.50. The fourth-order valence-corrected chi connectivity index (χ4v) is 2.46. The summed E-state index contributed by atoms with van der Waals surface area (Å²) in [5, 5.41) is 0. The van der Waals surface area contributed by atoms with Gasteiger partial charge in [-0.05, 0) is 42.4 Å². The Hall–Kier alpha value is -2.48. The molecule has 0 aliphatic rings. The molecule has 0 saturated carbocycles. The van der Waals surface area contributed by atoms with E-state index in [4.69, 9.17) is 4.74 Å². The summed E-state index contributed by atoms with van der Waals surface area (Å²) < 4.78 is 62.8. The second kappa shape index (κ2) is 9.28. The molecular weight excluding hydrogens is 354 g/mol. The number of benzene rings is 2. The summed E-state index contributed by atoms with van der Waals surface area (Å²) in [6, 6.07) is 11.1. The Morgan fingerprint density at radius 1 is 0.808 bits per heavy atom. The van der Waals surface area contributed by atoms with Crippen LogP contribution in [0.25, 0.3) is 0 Å². The largest absolute Gasteiger partial charge is 0.493 e. The maximum absolute atomic E-state index is 12.4. The number of rotatable bonds is 9. The first-order valence-electron chi connectivity index (χ1n) is 7.71. The molecule has 2 aromatic carbocycles. The molecule has 0 aliphatic carbocycles. The predicted molar refractivity (Wildman–Crippen MR) is 87.9 cm³/mol. The van der Waals surface area contributed by atoms with Crippen LogP contribution < -0.4 is 14.2 Å². The van der Waals surface area contributed by atoms with Gasteiger partial charge in [-0.25, -0.2) is 0 Å². The van der Waals surface area contributed by atoms with Gasteiger partial charge in [-0.3, -0.25) is 4.90 Å². The third kappa shape index (κ3) is 6.11. The second-order valence-corrected chi connectivity index (χ2v) is 5.56. The van der Waals surface area contributed by atoms with E-state index in [0.29, 0.717) is 13.1 Å². The van der Waals surface area contributed by atoms with Gasteiger partial charge in [-0.1, -0.05) is 18.2 Å². The van der Waals surface area contributed by atoms with E-state index < -0.39 is 13.2 Å². The average Bonchev–Trinajstić information content (AvgIpc) is 2.57. The minimum Gasteiger partial charge on any atom is -0.493 e. The Kier molecular flexibility index (Phi) is 7.08. The number of hydrogen-bond donors (Lipinski definition) is 0. The van der Waals surface area contributed by atoms with E-state index in [0.717, 1.165) is 11.1 Å². The summed E-state index contributed by atoms with van der Waals surface area (Å²) in [5.41, 5.74) is 1.77. The molecule has 8 heteroatoms. The molecule has 0 spiro atoms. The van der Waals surface area contributed by atoms with Crippen molar-refractivity contribution in [2.24, 2.45) is 0 Å². The molecule has 142 valence electrons. The molecule has 0 amide bonds. The summed E-state index contributed by atoms with van der Waals surface area (Å²) in [6.45, 7) is -4.68. The van der Waals surface area contributed by atoms with Crippen molar-refractivity contribution in [1.82, 2.24) is 4.90 Å². The van der Waals surface area contributed by atoms with Crippen molar-refractivity contribution in [3.8, 4) is 17.2 Å². The lowest BCUT2D eigenvalue weighted by Crippen LogP contribution is -2.17. The molecule has 0 bridgehead atoms. The maximum atomic E-state index is 12.4. The zero-order chi connectivity index (χ0) is 19.1. The van der Waals surface area contributed by atoms with E-state index >= 15 is 0 Å². The molecule has 0 atom stereocenters. The standard InChI is InChI=1S/C18H19F4NO3/c1-23(10-12-3-6-14(7-4-12)25-17(19)20)11-13-5-8-15(26-18(21)22)16(9-13)24-2/h3-9,17-18H,10-11H2,1-2H3. The molecule has 0 unspecified atom stereocenters. The molecule has 0 fully saturated rings. The molecule has 4 nitrogen and oxygen atoms in total. The molecule has 26 heavy (non-hydrogen) atoms. The molecule has 0 saturated heterocycles. The zero-order valence-corrected chi connectivity index (χ0v) is 14.3. The Morgan fingerprint density at radius 3 is 1.96 bits per heavy atom. The van der Waals surface area contributed by atoms with Crippen LogP contribution in [-0.2, 0) is 13.1 Å². The second-order valence-electron chi connectivity index (χ2n) is 5.56. The highest BCUT2D eigenvalue weighted by Gasteiger charge is 2.12. The van der Waals surface area contributed by atoms with Gasteiger partial charge in [-0.15, -0.1) is 0 Å². The van der Waals surface area contributed by atoms with E-state index in [1.54, 1.807) is 24.3 Å². The van der Waals surface area contributed by atoms with E-state index in [9.17, 15) is 17.6 Å². The van der Waals surface area contributed by atoms with Gasteiger partial charge in [0.25, 0.3) is 0 Å². The number of ether oxygens (including phenoxy) is 3. The lowest BCUT2D eigenvalue weighted by molar-refractivity contribution is -0.0514. The summed E-state index contributed by atoms with van der Waals surface area (Å²) in [7, 11) is 3.25. The van der Waals surface area contributed by atoms with Gasteiger partial charge in [0.05, 0.1) is 7.11 Å². The monoisotopic (exact) mass is 373 g/mol. The number of halogens is 4. The van der Waals surface area contributed by atoms with Crippen molar-refractivity contribution in [3.05, 3.63) is 53.6 Å². The highest BCUT2D eigenvalue weighted by Crippen LogP contribution is 2.30. The van der Waals surface area contributed by atoms with Gasteiger partial charge in [0, 0.05) is 13.1 Å². The summed E-state index contributed by atoms with van der Waals surface area (Å²) in [5.74, 6) is 0.305. The SMILES string of the molecule is COc1cc(CN(C)Cc2ccc(OC(F)F)cc2)ccc1OC(F)F.